The lowest BCUT2D eigenvalue weighted by molar-refractivity contribution is 0.808. The molecule has 18 heavy (non-hydrogen) atoms. The second kappa shape index (κ2) is 6.01. The number of hydrogen-bond donors (Lipinski definition) is 0. The van der Waals surface area contributed by atoms with Crippen LogP contribution < -0.4 is 4.90 Å². The van der Waals surface area contributed by atoms with Crippen molar-refractivity contribution < 1.29 is 0 Å². The molecule has 0 aliphatic carbocycles. The Morgan fingerprint density at radius 1 is 1.22 bits per heavy atom. The first-order chi connectivity index (χ1) is 8.70. The molecule has 0 unspecified atom stereocenters. The maximum absolute atomic E-state index is 4.52. The molecule has 0 spiro atoms. The van der Waals surface area contributed by atoms with Gasteiger partial charge in [-0.15, -0.1) is 0 Å². The molecule has 2 nitrogen and oxygen atoms in total. The van der Waals surface area contributed by atoms with Gasteiger partial charge in [0.25, 0.3) is 0 Å². The maximum Gasteiger partial charge on any atom is 0.131 e. The van der Waals surface area contributed by atoms with Gasteiger partial charge in [-0.1, -0.05) is 30.3 Å². The fourth-order valence-electron chi connectivity index (χ4n) is 2.00. The molecule has 1 heterocycles. The molecule has 0 fully saturated rings. The van der Waals surface area contributed by atoms with Crippen LogP contribution in [0, 0.1) is 6.92 Å². The Bertz CT molecular complexity index is 511. The van der Waals surface area contributed by atoms with Crippen molar-refractivity contribution in [3.05, 3.63) is 58.2 Å². The van der Waals surface area contributed by atoms with Crippen LogP contribution in [-0.2, 0) is 6.54 Å². The lowest BCUT2D eigenvalue weighted by Crippen LogP contribution is -2.23. The topological polar surface area (TPSA) is 16.1 Å². The van der Waals surface area contributed by atoms with Crippen molar-refractivity contribution in [3.63, 3.8) is 0 Å². The van der Waals surface area contributed by atoms with E-state index in [0.29, 0.717) is 0 Å². The lowest BCUT2D eigenvalue weighted by atomic mass is 10.2. The van der Waals surface area contributed by atoms with Crippen LogP contribution in [0.1, 0.15) is 18.1 Å². The van der Waals surface area contributed by atoms with Crippen LogP contribution in [-0.4, -0.2) is 11.5 Å². The largest absolute Gasteiger partial charge is 0.352 e. The summed E-state index contributed by atoms with van der Waals surface area (Å²) in [6, 6.07) is 12.6. The zero-order valence-corrected chi connectivity index (χ0v) is 12.3. The van der Waals surface area contributed by atoms with Crippen LogP contribution in [0.3, 0.4) is 0 Å². The predicted molar refractivity (Wildman–Crippen MR) is 79.8 cm³/mol. The van der Waals surface area contributed by atoms with E-state index in [-0.39, 0.29) is 0 Å². The van der Waals surface area contributed by atoms with E-state index < -0.39 is 0 Å². The van der Waals surface area contributed by atoms with Gasteiger partial charge in [0.1, 0.15) is 5.82 Å². The summed E-state index contributed by atoms with van der Waals surface area (Å²) in [6.07, 6.45) is 1.86. The molecule has 0 aliphatic rings. The van der Waals surface area contributed by atoms with Gasteiger partial charge in [0.05, 0.1) is 0 Å². The van der Waals surface area contributed by atoms with Crippen molar-refractivity contribution in [2.45, 2.75) is 20.4 Å². The van der Waals surface area contributed by atoms with Crippen molar-refractivity contribution in [2.75, 3.05) is 11.4 Å². The van der Waals surface area contributed by atoms with Crippen LogP contribution in [0.25, 0.3) is 0 Å². The number of benzene rings is 1. The van der Waals surface area contributed by atoms with Gasteiger partial charge < -0.3 is 4.90 Å². The standard InChI is InChI=1S/C15H17BrN2/c1-3-18(11-13-7-5-4-6-8-13)15-12(2)9-14(16)10-17-15/h4-10H,3,11H2,1-2H3. The van der Waals surface area contributed by atoms with Crippen LogP contribution in [0.2, 0.25) is 0 Å². The zero-order chi connectivity index (χ0) is 13.0. The van der Waals surface area contributed by atoms with Crippen LogP contribution in [0.5, 0.6) is 0 Å². The van der Waals surface area contributed by atoms with Gasteiger partial charge in [0.2, 0.25) is 0 Å². The number of rotatable bonds is 4. The Labute approximate surface area is 117 Å². The van der Waals surface area contributed by atoms with E-state index in [2.05, 4.69) is 70.0 Å². The van der Waals surface area contributed by atoms with E-state index in [1.54, 1.807) is 0 Å². The number of nitrogens with zero attached hydrogens (tertiary/aromatic N) is 2. The summed E-state index contributed by atoms with van der Waals surface area (Å²) in [4.78, 5) is 6.81. The number of aryl methyl sites for hydroxylation is 1. The zero-order valence-electron chi connectivity index (χ0n) is 10.7. The average Bonchev–Trinajstić information content (AvgIpc) is 2.38. The normalized spacial score (nSPS) is 10.4. The highest BCUT2D eigenvalue weighted by molar-refractivity contribution is 9.10. The van der Waals surface area contributed by atoms with Gasteiger partial charge in [0, 0.05) is 23.8 Å². The Kier molecular flexibility index (Phi) is 4.37. The molecule has 1 aromatic heterocycles. The SMILES string of the molecule is CCN(Cc1ccccc1)c1ncc(Br)cc1C. The smallest absolute Gasteiger partial charge is 0.131 e. The first-order valence-electron chi connectivity index (χ1n) is 6.11. The van der Waals surface area contributed by atoms with Crippen LogP contribution in [0.4, 0.5) is 5.82 Å². The summed E-state index contributed by atoms with van der Waals surface area (Å²) in [6.45, 7) is 6.10. The van der Waals surface area contributed by atoms with Crippen molar-refractivity contribution in [1.29, 1.82) is 0 Å². The fraction of sp³-hybridized carbons (Fsp3) is 0.267. The van der Waals surface area contributed by atoms with Crippen molar-refractivity contribution in [2.24, 2.45) is 0 Å². The van der Waals surface area contributed by atoms with E-state index in [9.17, 15) is 0 Å². The highest BCUT2D eigenvalue weighted by Gasteiger charge is 2.09. The van der Waals surface area contributed by atoms with Crippen molar-refractivity contribution in [3.8, 4) is 0 Å². The third-order valence-electron chi connectivity index (χ3n) is 2.91. The molecule has 0 atom stereocenters. The Morgan fingerprint density at radius 3 is 2.56 bits per heavy atom. The molecule has 94 valence electrons. The van der Waals surface area contributed by atoms with Gasteiger partial charge in [0.15, 0.2) is 0 Å². The number of anilines is 1. The van der Waals surface area contributed by atoms with Gasteiger partial charge in [-0.3, -0.25) is 0 Å². The summed E-state index contributed by atoms with van der Waals surface area (Å²) < 4.78 is 1.03. The number of pyridine rings is 1. The second-order valence-corrected chi connectivity index (χ2v) is 5.21. The van der Waals surface area contributed by atoms with E-state index in [0.717, 1.165) is 23.4 Å². The number of aromatic nitrogens is 1. The van der Waals surface area contributed by atoms with E-state index in [4.69, 9.17) is 0 Å². The first kappa shape index (κ1) is 13.1. The number of halogens is 1. The molecule has 0 radical (unpaired) electrons. The Hall–Kier alpha value is -1.35. The molecule has 3 heteroatoms. The van der Waals surface area contributed by atoms with Crippen molar-refractivity contribution in [1.82, 2.24) is 4.98 Å². The summed E-state index contributed by atoms with van der Waals surface area (Å²) in [7, 11) is 0. The summed E-state index contributed by atoms with van der Waals surface area (Å²) in [5.74, 6) is 1.06. The number of hydrogen-bond acceptors (Lipinski definition) is 2. The van der Waals surface area contributed by atoms with Crippen LogP contribution >= 0.6 is 15.9 Å². The molecular weight excluding hydrogens is 288 g/mol. The lowest BCUT2D eigenvalue weighted by Gasteiger charge is -2.23. The molecule has 0 aliphatic heterocycles. The molecule has 0 bridgehead atoms. The maximum atomic E-state index is 4.52. The fourth-order valence-corrected chi connectivity index (χ4v) is 2.45. The third-order valence-corrected chi connectivity index (χ3v) is 3.35. The van der Waals surface area contributed by atoms with E-state index in [1.165, 1.54) is 11.1 Å². The highest BCUT2D eigenvalue weighted by Crippen LogP contribution is 2.22. The molecule has 0 N–H and O–H groups in total. The molecule has 0 saturated heterocycles. The minimum absolute atomic E-state index is 0.896. The summed E-state index contributed by atoms with van der Waals surface area (Å²) >= 11 is 3.45. The minimum Gasteiger partial charge on any atom is -0.352 e. The minimum atomic E-state index is 0.896. The highest BCUT2D eigenvalue weighted by atomic mass is 79.9. The van der Waals surface area contributed by atoms with Gasteiger partial charge in [-0.05, 0) is 47.0 Å². The second-order valence-electron chi connectivity index (χ2n) is 4.29. The summed E-state index contributed by atoms with van der Waals surface area (Å²) in [5.41, 5.74) is 2.51. The quantitative estimate of drug-likeness (QED) is 0.842. The first-order valence-corrected chi connectivity index (χ1v) is 6.91. The molecular formula is C15H17BrN2. The van der Waals surface area contributed by atoms with Gasteiger partial charge in [-0.2, -0.15) is 0 Å². The monoisotopic (exact) mass is 304 g/mol. The molecule has 0 amide bonds. The predicted octanol–water partition coefficient (Wildman–Crippen LogP) is 4.18. The Morgan fingerprint density at radius 2 is 1.94 bits per heavy atom. The molecule has 2 aromatic rings. The van der Waals surface area contributed by atoms with E-state index >= 15 is 0 Å². The van der Waals surface area contributed by atoms with Crippen LogP contribution in [0.15, 0.2) is 47.1 Å². The molecule has 1 aromatic carbocycles. The Balaban J connectivity index is 2.23. The summed E-state index contributed by atoms with van der Waals surface area (Å²) in [5, 5.41) is 0. The molecule has 0 saturated carbocycles. The third kappa shape index (κ3) is 3.10. The van der Waals surface area contributed by atoms with Gasteiger partial charge in [-0.25, -0.2) is 4.98 Å². The van der Waals surface area contributed by atoms with Gasteiger partial charge >= 0.3 is 0 Å². The molecule has 2 rings (SSSR count). The average molecular weight is 305 g/mol. The van der Waals surface area contributed by atoms with Crippen molar-refractivity contribution >= 4 is 21.7 Å². The van der Waals surface area contributed by atoms with E-state index in [1.807, 2.05) is 12.3 Å².